The lowest BCUT2D eigenvalue weighted by Gasteiger charge is -2.15. The predicted octanol–water partition coefficient (Wildman–Crippen LogP) is 1.82. The van der Waals surface area contributed by atoms with Gasteiger partial charge in [-0.2, -0.15) is 0 Å². The van der Waals surface area contributed by atoms with E-state index in [9.17, 15) is 22.3 Å². The Labute approximate surface area is 104 Å². The molecular formula is C12H14F2O3S. The minimum absolute atomic E-state index is 0.0632. The zero-order chi connectivity index (χ0) is 13.3. The minimum atomic E-state index is -2.98. The molecule has 0 amide bonds. The van der Waals surface area contributed by atoms with Gasteiger partial charge in [0, 0.05) is 0 Å². The molecule has 1 fully saturated rings. The fraction of sp³-hybridized carbons (Fsp3) is 0.500. The van der Waals surface area contributed by atoms with Crippen LogP contribution < -0.4 is 0 Å². The van der Waals surface area contributed by atoms with Crippen LogP contribution in [0, 0.1) is 17.6 Å². The summed E-state index contributed by atoms with van der Waals surface area (Å²) in [4.78, 5) is 0. The Kier molecular flexibility index (Phi) is 3.68. The number of rotatable bonds is 3. The first-order valence-electron chi connectivity index (χ1n) is 5.71. The highest BCUT2D eigenvalue weighted by Crippen LogP contribution is 2.29. The maximum absolute atomic E-state index is 13.0. The van der Waals surface area contributed by atoms with E-state index in [1.54, 1.807) is 0 Å². The quantitative estimate of drug-likeness (QED) is 0.916. The summed E-state index contributed by atoms with van der Waals surface area (Å²) in [7, 11) is -2.98. The Morgan fingerprint density at radius 2 is 2.06 bits per heavy atom. The number of hydrogen-bond acceptors (Lipinski definition) is 3. The van der Waals surface area contributed by atoms with Crippen LogP contribution in [0.4, 0.5) is 8.78 Å². The van der Waals surface area contributed by atoms with Crippen LogP contribution in [0.5, 0.6) is 0 Å². The molecule has 18 heavy (non-hydrogen) atoms. The van der Waals surface area contributed by atoms with Crippen molar-refractivity contribution in [2.75, 3.05) is 11.5 Å². The fourth-order valence-electron chi connectivity index (χ4n) is 2.23. The third kappa shape index (κ3) is 3.05. The van der Waals surface area contributed by atoms with Gasteiger partial charge in [-0.15, -0.1) is 0 Å². The van der Waals surface area contributed by atoms with E-state index in [2.05, 4.69) is 0 Å². The standard InChI is InChI=1S/C12H14F2O3S/c13-10-2-1-9(6-11(10)14)12(15)5-8-3-4-18(16,17)7-8/h1-2,6,8,12,15H,3-5,7H2. The van der Waals surface area contributed by atoms with Crippen molar-refractivity contribution in [1.82, 2.24) is 0 Å². The average Bonchev–Trinajstić information content (AvgIpc) is 2.62. The molecule has 0 aliphatic carbocycles. The zero-order valence-corrected chi connectivity index (χ0v) is 10.5. The number of benzene rings is 1. The molecule has 2 atom stereocenters. The number of sulfone groups is 1. The summed E-state index contributed by atoms with van der Waals surface area (Å²) in [5, 5.41) is 9.88. The van der Waals surface area contributed by atoms with Gasteiger partial charge in [-0.3, -0.25) is 0 Å². The van der Waals surface area contributed by atoms with Gasteiger partial charge in [-0.05, 0) is 36.5 Å². The van der Waals surface area contributed by atoms with Gasteiger partial charge in [0.15, 0.2) is 21.5 Å². The normalized spacial score (nSPS) is 24.1. The second kappa shape index (κ2) is 4.93. The van der Waals surface area contributed by atoms with Crippen LogP contribution in [-0.2, 0) is 9.84 Å². The van der Waals surface area contributed by atoms with Crippen molar-refractivity contribution in [1.29, 1.82) is 0 Å². The van der Waals surface area contributed by atoms with E-state index >= 15 is 0 Å². The fourth-order valence-corrected chi connectivity index (χ4v) is 4.11. The van der Waals surface area contributed by atoms with Gasteiger partial charge in [-0.1, -0.05) is 6.07 Å². The largest absolute Gasteiger partial charge is 0.388 e. The molecule has 100 valence electrons. The molecule has 0 spiro atoms. The van der Waals surface area contributed by atoms with Crippen molar-refractivity contribution in [3.63, 3.8) is 0 Å². The van der Waals surface area contributed by atoms with Gasteiger partial charge < -0.3 is 5.11 Å². The summed E-state index contributed by atoms with van der Waals surface area (Å²) in [6.45, 7) is 0. The number of hydrogen-bond donors (Lipinski definition) is 1. The molecule has 1 aromatic carbocycles. The first-order valence-corrected chi connectivity index (χ1v) is 7.53. The Morgan fingerprint density at radius 3 is 2.61 bits per heavy atom. The lowest BCUT2D eigenvalue weighted by atomic mass is 9.96. The molecule has 1 aliphatic rings. The summed E-state index contributed by atoms with van der Waals surface area (Å²) in [5.74, 6) is -1.88. The molecule has 0 bridgehead atoms. The second-order valence-electron chi connectivity index (χ2n) is 4.69. The predicted molar refractivity (Wildman–Crippen MR) is 62.7 cm³/mol. The lowest BCUT2D eigenvalue weighted by molar-refractivity contribution is 0.148. The Bertz CT molecular complexity index is 542. The SMILES string of the molecule is O=S1(=O)CCC(CC(O)c2ccc(F)c(F)c2)C1. The van der Waals surface area contributed by atoms with Crippen LogP contribution in [0.3, 0.4) is 0 Å². The highest BCUT2D eigenvalue weighted by molar-refractivity contribution is 7.91. The third-order valence-electron chi connectivity index (χ3n) is 3.21. The maximum atomic E-state index is 13.0. The van der Waals surface area contributed by atoms with E-state index in [0.29, 0.717) is 6.42 Å². The summed E-state index contributed by atoms with van der Waals surface area (Å²) in [6, 6.07) is 3.22. The van der Waals surface area contributed by atoms with E-state index < -0.39 is 27.6 Å². The summed E-state index contributed by atoms with van der Waals surface area (Å²) < 4.78 is 48.3. The minimum Gasteiger partial charge on any atom is -0.388 e. The van der Waals surface area contributed by atoms with E-state index in [1.165, 1.54) is 6.07 Å². The molecule has 0 aromatic heterocycles. The van der Waals surface area contributed by atoms with Crippen molar-refractivity contribution in [2.45, 2.75) is 18.9 Å². The lowest BCUT2D eigenvalue weighted by Crippen LogP contribution is -2.10. The zero-order valence-electron chi connectivity index (χ0n) is 9.64. The molecule has 3 nitrogen and oxygen atoms in total. The molecule has 1 aliphatic heterocycles. The molecule has 1 saturated heterocycles. The van der Waals surface area contributed by atoms with E-state index in [0.717, 1.165) is 12.1 Å². The molecule has 0 radical (unpaired) electrons. The Morgan fingerprint density at radius 1 is 1.33 bits per heavy atom. The van der Waals surface area contributed by atoms with Crippen LogP contribution in [0.15, 0.2) is 18.2 Å². The van der Waals surface area contributed by atoms with Crippen molar-refractivity contribution >= 4 is 9.84 Å². The molecule has 0 saturated carbocycles. The van der Waals surface area contributed by atoms with Crippen molar-refractivity contribution < 1.29 is 22.3 Å². The second-order valence-corrected chi connectivity index (χ2v) is 6.92. The smallest absolute Gasteiger partial charge is 0.159 e. The highest BCUT2D eigenvalue weighted by Gasteiger charge is 2.29. The summed E-state index contributed by atoms with van der Waals surface area (Å²) >= 11 is 0. The molecule has 2 unspecified atom stereocenters. The number of halogens is 2. The Hall–Kier alpha value is -1.01. The molecule has 1 N–H and O–H groups in total. The molecular weight excluding hydrogens is 262 g/mol. The summed E-state index contributed by atoms with van der Waals surface area (Å²) in [5.41, 5.74) is 0.276. The highest BCUT2D eigenvalue weighted by atomic mass is 32.2. The number of aliphatic hydroxyl groups is 1. The van der Waals surface area contributed by atoms with Gasteiger partial charge in [0.1, 0.15) is 0 Å². The molecule has 6 heteroatoms. The molecule has 2 rings (SSSR count). The molecule has 1 heterocycles. The van der Waals surface area contributed by atoms with Crippen LogP contribution in [0.1, 0.15) is 24.5 Å². The van der Waals surface area contributed by atoms with Crippen LogP contribution >= 0.6 is 0 Å². The first-order chi connectivity index (χ1) is 8.37. The van der Waals surface area contributed by atoms with Crippen molar-refractivity contribution in [3.8, 4) is 0 Å². The first kappa shape index (κ1) is 13.4. The monoisotopic (exact) mass is 276 g/mol. The van der Waals surface area contributed by atoms with Gasteiger partial charge >= 0.3 is 0 Å². The van der Waals surface area contributed by atoms with E-state index in [1.807, 2.05) is 0 Å². The maximum Gasteiger partial charge on any atom is 0.159 e. The van der Waals surface area contributed by atoms with Crippen LogP contribution in [0.25, 0.3) is 0 Å². The Balaban J connectivity index is 2.04. The summed E-state index contributed by atoms with van der Waals surface area (Å²) in [6.07, 6.45) is -0.189. The van der Waals surface area contributed by atoms with Gasteiger partial charge in [0.05, 0.1) is 17.6 Å². The van der Waals surface area contributed by atoms with Gasteiger partial charge in [0.25, 0.3) is 0 Å². The van der Waals surface area contributed by atoms with E-state index in [4.69, 9.17) is 0 Å². The van der Waals surface area contributed by atoms with E-state index in [-0.39, 0.29) is 29.4 Å². The van der Waals surface area contributed by atoms with Gasteiger partial charge in [0.2, 0.25) is 0 Å². The topological polar surface area (TPSA) is 54.4 Å². The third-order valence-corrected chi connectivity index (χ3v) is 5.05. The number of aliphatic hydroxyl groups excluding tert-OH is 1. The van der Waals surface area contributed by atoms with Crippen LogP contribution in [-0.4, -0.2) is 25.0 Å². The average molecular weight is 276 g/mol. The van der Waals surface area contributed by atoms with Gasteiger partial charge in [-0.25, -0.2) is 17.2 Å². The van der Waals surface area contributed by atoms with Crippen LogP contribution in [0.2, 0.25) is 0 Å². The van der Waals surface area contributed by atoms with Crippen molar-refractivity contribution in [3.05, 3.63) is 35.4 Å². The van der Waals surface area contributed by atoms with Crippen molar-refractivity contribution in [2.24, 2.45) is 5.92 Å². The molecule has 1 aromatic rings.